The molecule has 80 valence electrons. The molecule has 15 heavy (non-hydrogen) atoms. The van der Waals surface area contributed by atoms with Gasteiger partial charge in [0.2, 0.25) is 0 Å². The van der Waals surface area contributed by atoms with Crippen molar-refractivity contribution in [2.75, 3.05) is 7.11 Å². The molecular formula is C13H16O2. The lowest BCUT2D eigenvalue weighted by atomic mass is 10.1. The summed E-state index contributed by atoms with van der Waals surface area (Å²) < 4.78 is 5.23. The van der Waals surface area contributed by atoms with Crippen LogP contribution in [0, 0.1) is 0 Å². The van der Waals surface area contributed by atoms with Crippen molar-refractivity contribution in [3.8, 4) is 5.75 Å². The number of carbonyl (C=O) groups is 1. The normalized spacial score (nSPS) is 11.3. The SMILES string of the molecule is CCc1cc(/C=C(\C)C=O)ccc1OC. The van der Waals surface area contributed by atoms with Crippen LogP contribution in [0.25, 0.3) is 6.08 Å². The number of methoxy groups -OCH3 is 1. The number of aldehydes is 1. The molecule has 0 heterocycles. The van der Waals surface area contributed by atoms with Gasteiger partial charge in [-0.2, -0.15) is 0 Å². The second-order valence-corrected chi connectivity index (χ2v) is 3.43. The van der Waals surface area contributed by atoms with Crippen molar-refractivity contribution in [3.63, 3.8) is 0 Å². The molecule has 2 nitrogen and oxygen atoms in total. The van der Waals surface area contributed by atoms with E-state index in [2.05, 4.69) is 6.92 Å². The maximum absolute atomic E-state index is 10.5. The molecular weight excluding hydrogens is 188 g/mol. The summed E-state index contributed by atoms with van der Waals surface area (Å²) >= 11 is 0. The standard InChI is InChI=1S/C13H16O2/c1-4-12-8-11(7-10(2)9-14)5-6-13(12)15-3/h5-9H,4H2,1-3H3/b10-7+. The van der Waals surface area contributed by atoms with Crippen LogP contribution in [0.4, 0.5) is 0 Å². The van der Waals surface area contributed by atoms with Crippen molar-refractivity contribution < 1.29 is 9.53 Å². The van der Waals surface area contributed by atoms with Gasteiger partial charge in [0.05, 0.1) is 7.11 Å². The molecule has 0 saturated heterocycles. The summed E-state index contributed by atoms with van der Waals surface area (Å²) in [6, 6.07) is 5.93. The predicted molar refractivity (Wildman–Crippen MR) is 62.1 cm³/mol. The van der Waals surface area contributed by atoms with Crippen LogP contribution >= 0.6 is 0 Å². The van der Waals surface area contributed by atoms with Crippen LogP contribution in [0.3, 0.4) is 0 Å². The van der Waals surface area contributed by atoms with E-state index in [0.717, 1.165) is 35.2 Å². The highest BCUT2D eigenvalue weighted by atomic mass is 16.5. The molecule has 0 spiro atoms. The molecule has 0 aliphatic heterocycles. The van der Waals surface area contributed by atoms with Gasteiger partial charge >= 0.3 is 0 Å². The lowest BCUT2D eigenvalue weighted by molar-refractivity contribution is -0.104. The van der Waals surface area contributed by atoms with Gasteiger partial charge in [0.15, 0.2) is 0 Å². The van der Waals surface area contributed by atoms with Gasteiger partial charge in [-0.25, -0.2) is 0 Å². The van der Waals surface area contributed by atoms with Gasteiger partial charge < -0.3 is 4.74 Å². The molecule has 0 fully saturated rings. The third-order valence-corrected chi connectivity index (χ3v) is 2.27. The average molecular weight is 204 g/mol. The molecule has 1 rings (SSSR count). The summed E-state index contributed by atoms with van der Waals surface area (Å²) in [5.41, 5.74) is 2.92. The van der Waals surface area contributed by atoms with E-state index in [9.17, 15) is 4.79 Å². The summed E-state index contributed by atoms with van der Waals surface area (Å²) in [6.07, 6.45) is 3.65. The van der Waals surface area contributed by atoms with Crippen LogP contribution < -0.4 is 4.74 Å². The summed E-state index contributed by atoms with van der Waals surface area (Å²) in [5, 5.41) is 0. The zero-order chi connectivity index (χ0) is 11.3. The van der Waals surface area contributed by atoms with Crippen molar-refractivity contribution in [1.29, 1.82) is 0 Å². The first kappa shape index (κ1) is 11.5. The van der Waals surface area contributed by atoms with Crippen LogP contribution in [-0.2, 0) is 11.2 Å². The largest absolute Gasteiger partial charge is 0.496 e. The highest BCUT2D eigenvalue weighted by molar-refractivity contribution is 5.80. The number of rotatable bonds is 4. The Kier molecular flexibility index (Phi) is 4.10. The van der Waals surface area contributed by atoms with Gasteiger partial charge in [0, 0.05) is 0 Å². The number of aryl methyl sites for hydroxylation is 1. The summed E-state index contributed by atoms with van der Waals surface area (Å²) in [5.74, 6) is 0.901. The minimum Gasteiger partial charge on any atom is -0.496 e. The molecule has 0 radical (unpaired) electrons. The zero-order valence-electron chi connectivity index (χ0n) is 9.41. The first-order chi connectivity index (χ1) is 7.21. The van der Waals surface area contributed by atoms with E-state index in [1.165, 1.54) is 0 Å². The molecule has 0 aliphatic carbocycles. The third kappa shape index (κ3) is 2.94. The fraction of sp³-hybridized carbons (Fsp3) is 0.308. The summed E-state index contributed by atoms with van der Waals surface area (Å²) in [4.78, 5) is 10.5. The van der Waals surface area contributed by atoms with Crippen LogP contribution in [0.5, 0.6) is 5.75 Å². The van der Waals surface area contributed by atoms with Gasteiger partial charge in [0.25, 0.3) is 0 Å². The summed E-state index contributed by atoms with van der Waals surface area (Å²) in [6.45, 7) is 3.88. The van der Waals surface area contributed by atoms with Crippen LogP contribution in [0.1, 0.15) is 25.0 Å². The second kappa shape index (κ2) is 5.35. The number of carbonyl (C=O) groups excluding carboxylic acids is 1. The van der Waals surface area contributed by atoms with Gasteiger partial charge in [-0.3, -0.25) is 4.79 Å². The molecule has 0 N–H and O–H groups in total. The first-order valence-electron chi connectivity index (χ1n) is 5.01. The van der Waals surface area contributed by atoms with E-state index in [1.54, 1.807) is 14.0 Å². The molecule has 1 aromatic carbocycles. The Morgan fingerprint density at radius 2 is 2.20 bits per heavy atom. The Balaban J connectivity index is 3.08. The zero-order valence-corrected chi connectivity index (χ0v) is 9.41. The lowest BCUT2D eigenvalue weighted by Gasteiger charge is -2.07. The molecule has 0 bridgehead atoms. The van der Waals surface area contributed by atoms with Crippen molar-refractivity contribution >= 4 is 12.4 Å². The topological polar surface area (TPSA) is 26.3 Å². The number of hydrogen-bond donors (Lipinski definition) is 0. The number of benzene rings is 1. The quantitative estimate of drug-likeness (QED) is 0.557. The van der Waals surface area contributed by atoms with Crippen molar-refractivity contribution in [1.82, 2.24) is 0 Å². The second-order valence-electron chi connectivity index (χ2n) is 3.43. The Bertz CT molecular complexity index is 378. The Morgan fingerprint density at radius 3 is 2.73 bits per heavy atom. The lowest BCUT2D eigenvalue weighted by Crippen LogP contribution is -1.91. The fourth-order valence-electron chi connectivity index (χ4n) is 1.46. The van der Waals surface area contributed by atoms with Crippen molar-refractivity contribution in [2.24, 2.45) is 0 Å². The van der Waals surface area contributed by atoms with Crippen molar-refractivity contribution in [2.45, 2.75) is 20.3 Å². The van der Waals surface area contributed by atoms with Crippen molar-refractivity contribution in [3.05, 3.63) is 34.9 Å². The maximum Gasteiger partial charge on any atom is 0.145 e. The van der Waals surface area contributed by atoms with Gasteiger partial charge in [-0.15, -0.1) is 0 Å². The Hall–Kier alpha value is -1.57. The fourth-order valence-corrected chi connectivity index (χ4v) is 1.46. The maximum atomic E-state index is 10.5. The highest BCUT2D eigenvalue weighted by Crippen LogP contribution is 2.21. The van der Waals surface area contributed by atoms with Gasteiger partial charge in [-0.05, 0) is 48.3 Å². The molecule has 2 heteroatoms. The Labute approximate surface area is 90.6 Å². The molecule has 0 aliphatic rings. The number of ether oxygens (including phenoxy) is 1. The molecule has 0 amide bonds. The summed E-state index contributed by atoms with van der Waals surface area (Å²) in [7, 11) is 1.67. The molecule has 0 atom stereocenters. The molecule has 1 aromatic rings. The van der Waals surface area contributed by atoms with E-state index in [1.807, 2.05) is 24.3 Å². The van der Waals surface area contributed by atoms with Gasteiger partial charge in [0.1, 0.15) is 12.0 Å². The number of hydrogen-bond acceptors (Lipinski definition) is 2. The highest BCUT2D eigenvalue weighted by Gasteiger charge is 2.01. The molecule has 0 aromatic heterocycles. The first-order valence-corrected chi connectivity index (χ1v) is 5.01. The van der Waals surface area contributed by atoms with E-state index in [0.29, 0.717) is 0 Å². The minimum atomic E-state index is 0.724. The van der Waals surface area contributed by atoms with E-state index < -0.39 is 0 Å². The number of allylic oxidation sites excluding steroid dienone is 1. The van der Waals surface area contributed by atoms with Gasteiger partial charge in [-0.1, -0.05) is 13.0 Å². The molecule has 0 unspecified atom stereocenters. The smallest absolute Gasteiger partial charge is 0.145 e. The van der Waals surface area contributed by atoms with E-state index >= 15 is 0 Å². The Morgan fingerprint density at radius 1 is 1.47 bits per heavy atom. The molecule has 0 saturated carbocycles. The van der Waals surface area contributed by atoms with E-state index in [-0.39, 0.29) is 0 Å². The predicted octanol–water partition coefficient (Wildman–Crippen LogP) is 2.86. The third-order valence-electron chi connectivity index (χ3n) is 2.27. The minimum absolute atomic E-state index is 0.724. The monoisotopic (exact) mass is 204 g/mol. The van der Waals surface area contributed by atoms with Crippen LogP contribution in [-0.4, -0.2) is 13.4 Å². The van der Waals surface area contributed by atoms with E-state index in [4.69, 9.17) is 4.74 Å². The van der Waals surface area contributed by atoms with Crippen LogP contribution in [0.2, 0.25) is 0 Å². The average Bonchev–Trinajstić information content (AvgIpc) is 2.28. The van der Waals surface area contributed by atoms with Crippen LogP contribution in [0.15, 0.2) is 23.8 Å².